The highest BCUT2D eigenvalue weighted by molar-refractivity contribution is 7.60. The van der Waals surface area contributed by atoms with Crippen LogP contribution < -0.4 is 5.30 Å². The van der Waals surface area contributed by atoms with Gasteiger partial charge in [-0.25, -0.2) is 0 Å². The first-order valence-corrected chi connectivity index (χ1v) is 8.28. The molecule has 2 rings (SSSR count). The summed E-state index contributed by atoms with van der Waals surface area (Å²) in [6, 6.07) is 8.64. The molecule has 0 spiro atoms. The van der Waals surface area contributed by atoms with Crippen molar-refractivity contribution in [3.05, 3.63) is 53.6 Å². The first-order chi connectivity index (χ1) is 10.5. The van der Waals surface area contributed by atoms with Crippen molar-refractivity contribution < 1.29 is 34.8 Å². The van der Waals surface area contributed by atoms with Crippen LogP contribution in [-0.4, -0.2) is 30.2 Å². The number of phenols is 2. The van der Waals surface area contributed by atoms with Gasteiger partial charge in [0.05, 0.1) is 5.30 Å². The molecule has 0 aromatic heterocycles. The third-order valence-corrected chi connectivity index (χ3v) is 4.68. The monoisotopic (exact) mass is 340 g/mol. The van der Waals surface area contributed by atoms with Gasteiger partial charge in [-0.15, -0.1) is 0 Å². The van der Waals surface area contributed by atoms with Crippen molar-refractivity contribution in [1.82, 2.24) is 0 Å². The molecular weight excluding hydrogens is 323 g/mol. The Labute approximate surface area is 132 Å². The van der Waals surface area contributed by atoms with E-state index in [1.807, 2.05) is 0 Å². The topological polar surface area (TPSA) is 138 Å². The summed E-state index contributed by atoms with van der Waals surface area (Å²) in [6.45, 7) is 1.42. The molecule has 1 atom stereocenters. The first kappa shape index (κ1) is 17.5. The minimum absolute atomic E-state index is 0.0868. The molecule has 0 aliphatic heterocycles. The Kier molecular flexibility index (Phi) is 4.52. The summed E-state index contributed by atoms with van der Waals surface area (Å²) in [7, 11) is -4.79. The molecule has 0 heterocycles. The molecule has 23 heavy (non-hydrogen) atoms. The van der Waals surface area contributed by atoms with Crippen LogP contribution in [0.2, 0.25) is 0 Å². The van der Waals surface area contributed by atoms with Crippen LogP contribution in [0.15, 0.2) is 42.5 Å². The van der Waals surface area contributed by atoms with Crippen molar-refractivity contribution in [1.29, 1.82) is 0 Å². The standard InChI is InChI=1S/C15H17O7P/c1-9(10-3-2-4-11(16)7-10)15(18,19)13-8-12(17)5-6-14(13)23(20,21)22/h2-9,16-19H,1H3,(H2,20,21,22). The lowest BCUT2D eigenvalue weighted by Crippen LogP contribution is -2.36. The van der Waals surface area contributed by atoms with Gasteiger partial charge in [0.15, 0.2) is 5.79 Å². The highest BCUT2D eigenvalue weighted by Gasteiger charge is 2.40. The van der Waals surface area contributed by atoms with Crippen LogP contribution in [0.1, 0.15) is 24.0 Å². The number of rotatable bonds is 4. The molecule has 6 N–H and O–H groups in total. The average molecular weight is 340 g/mol. The normalized spacial score (nSPS) is 13.8. The Morgan fingerprint density at radius 2 is 1.61 bits per heavy atom. The molecule has 0 bridgehead atoms. The van der Waals surface area contributed by atoms with Gasteiger partial charge in [-0.05, 0) is 35.9 Å². The van der Waals surface area contributed by atoms with Crippen molar-refractivity contribution in [2.24, 2.45) is 0 Å². The van der Waals surface area contributed by atoms with Gasteiger partial charge in [0.1, 0.15) is 11.5 Å². The molecule has 0 amide bonds. The molecule has 2 aromatic rings. The van der Waals surface area contributed by atoms with Gasteiger partial charge in [-0.2, -0.15) is 0 Å². The summed E-state index contributed by atoms with van der Waals surface area (Å²) in [5, 5.41) is 39.4. The van der Waals surface area contributed by atoms with Gasteiger partial charge in [-0.1, -0.05) is 19.1 Å². The molecule has 124 valence electrons. The van der Waals surface area contributed by atoms with Crippen molar-refractivity contribution in [2.75, 3.05) is 0 Å². The fourth-order valence-corrected chi connectivity index (χ4v) is 3.14. The second-order valence-electron chi connectivity index (χ2n) is 5.29. The highest BCUT2D eigenvalue weighted by atomic mass is 31.2. The van der Waals surface area contributed by atoms with E-state index in [0.717, 1.165) is 18.2 Å². The summed E-state index contributed by atoms with van der Waals surface area (Å²) in [5.41, 5.74) is -0.156. The maximum atomic E-state index is 11.6. The quantitative estimate of drug-likeness (QED) is 0.358. The van der Waals surface area contributed by atoms with E-state index < -0.39 is 30.2 Å². The summed E-state index contributed by atoms with van der Waals surface area (Å²) >= 11 is 0. The van der Waals surface area contributed by atoms with E-state index in [9.17, 15) is 34.8 Å². The van der Waals surface area contributed by atoms with Gasteiger partial charge in [-0.3, -0.25) is 4.57 Å². The van der Waals surface area contributed by atoms with Gasteiger partial charge in [0.25, 0.3) is 0 Å². The zero-order valence-electron chi connectivity index (χ0n) is 12.2. The molecule has 0 saturated carbocycles. The zero-order valence-corrected chi connectivity index (χ0v) is 13.1. The molecule has 1 unspecified atom stereocenters. The summed E-state index contributed by atoms with van der Waals surface area (Å²) in [6.07, 6.45) is 0. The van der Waals surface area contributed by atoms with Gasteiger partial charge in [0, 0.05) is 11.5 Å². The van der Waals surface area contributed by atoms with Crippen molar-refractivity contribution in [2.45, 2.75) is 18.6 Å². The van der Waals surface area contributed by atoms with Gasteiger partial charge >= 0.3 is 7.60 Å². The SMILES string of the molecule is CC(c1cccc(O)c1)C(O)(O)c1cc(O)ccc1P(=O)(O)O. The van der Waals surface area contributed by atoms with E-state index in [-0.39, 0.29) is 11.5 Å². The predicted molar refractivity (Wildman–Crippen MR) is 82.4 cm³/mol. The highest BCUT2D eigenvalue weighted by Crippen LogP contribution is 2.42. The Morgan fingerprint density at radius 3 is 2.17 bits per heavy atom. The molecule has 0 fully saturated rings. The van der Waals surface area contributed by atoms with Crippen molar-refractivity contribution in [3.63, 3.8) is 0 Å². The molecular formula is C15H17O7P. The lowest BCUT2D eigenvalue weighted by Gasteiger charge is -2.31. The Hall–Kier alpha value is -1.89. The largest absolute Gasteiger partial charge is 0.508 e. The number of aromatic hydroxyl groups is 2. The lowest BCUT2D eigenvalue weighted by atomic mass is 9.87. The lowest BCUT2D eigenvalue weighted by molar-refractivity contribution is -0.184. The smallest absolute Gasteiger partial charge is 0.356 e. The van der Waals surface area contributed by atoms with E-state index in [2.05, 4.69) is 0 Å². The summed E-state index contributed by atoms with van der Waals surface area (Å²) in [5.74, 6) is -4.17. The number of hydrogen-bond donors (Lipinski definition) is 6. The third-order valence-electron chi connectivity index (χ3n) is 3.66. The maximum absolute atomic E-state index is 11.6. The summed E-state index contributed by atoms with van der Waals surface area (Å²) in [4.78, 5) is 18.8. The van der Waals surface area contributed by atoms with Crippen molar-refractivity contribution in [3.8, 4) is 11.5 Å². The molecule has 0 aliphatic carbocycles. The Balaban J connectivity index is 2.59. The zero-order chi connectivity index (χ0) is 17.4. The second-order valence-corrected chi connectivity index (χ2v) is 6.86. The van der Waals surface area contributed by atoms with E-state index in [0.29, 0.717) is 5.56 Å². The van der Waals surface area contributed by atoms with E-state index >= 15 is 0 Å². The predicted octanol–water partition coefficient (Wildman–Crippen LogP) is 0.842. The molecule has 0 radical (unpaired) electrons. The maximum Gasteiger partial charge on any atom is 0.356 e. The Morgan fingerprint density at radius 1 is 1.00 bits per heavy atom. The van der Waals surface area contributed by atoms with Crippen LogP contribution in [0.5, 0.6) is 11.5 Å². The minimum Gasteiger partial charge on any atom is -0.508 e. The second kappa shape index (κ2) is 5.96. The van der Waals surface area contributed by atoms with E-state index in [4.69, 9.17) is 0 Å². The Bertz CT molecular complexity index is 766. The van der Waals surface area contributed by atoms with Crippen LogP contribution >= 0.6 is 7.60 Å². The van der Waals surface area contributed by atoms with Crippen molar-refractivity contribution >= 4 is 12.9 Å². The average Bonchev–Trinajstić information content (AvgIpc) is 2.45. The minimum atomic E-state index is -4.79. The van der Waals surface area contributed by atoms with Gasteiger partial charge < -0.3 is 30.2 Å². The van der Waals surface area contributed by atoms with Crippen LogP contribution in [0.25, 0.3) is 0 Å². The molecule has 0 saturated heterocycles. The third kappa shape index (κ3) is 3.55. The first-order valence-electron chi connectivity index (χ1n) is 6.66. The molecule has 7 nitrogen and oxygen atoms in total. The van der Waals surface area contributed by atoms with Crippen LogP contribution in [0.4, 0.5) is 0 Å². The number of aliphatic hydroxyl groups is 2. The van der Waals surface area contributed by atoms with Crippen LogP contribution in [-0.2, 0) is 10.4 Å². The summed E-state index contributed by atoms with van der Waals surface area (Å²) < 4.78 is 11.6. The van der Waals surface area contributed by atoms with E-state index in [1.54, 1.807) is 0 Å². The van der Waals surface area contributed by atoms with Gasteiger partial charge in [0.2, 0.25) is 0 Å². The number of phenolic OH excluding ortho intramolecular Hbond substituents is 2. The van der Waals surface area contributed by atoms with Crippen LogP contribution in [0, 0.1) is 0 Å². The molecule has 0 aliphatic rings. The number of benzene rings is 2. The fraction of sp³-hybridized carbons (Fsp3) is 0.200. The van der Waals surface area contributed by atoms with E-state index in [1.165, 1.54) is 31.2 Å². The fourth-order valence-electron chi connectivity index (χ4n) is 2.33. The molecule has 8 heteroatoms. The molecule has 2 aromatic carbocycles. The van der Waals surface area contributed by atoms with Crippen LogP contribution in [0.3, 0.4) is 0 Å². The number of hydrogen-bond acceptors (Lipinski definition) is 5.